The molecule has 0 unspecified atom stereocenters. The normalized spacial score (nSPS) is 21.9. The summed E-state index contributed by atoms with van der Waals surface area (Å²) < 4.78 is 6.00. The fraction of sp³-hybridized carbons (Fsp3) is 0.480. The molecule has 0 spiro atoms. The van der Waals surface area contributed by atoms with Gasteiger partial charge in [-0.1, -0.05) is 35.9 Å². The molecule has 152 valence electrons. The van der Waals surface area contributed by atoms with Crippen LogP contribution >= 0.6 is 0 Å². The van der Waals surface area contributed by atoms with Crippen LogP contribution in [0.25, 0.3) is 6.08 Å². The minimum absolute atomic E-state index is 0.491. The molecule has 2 aliphatic heterocycles. The Labute approximate surface area is 174 Å². The van der Waals surface area contributed by atoms with Gasteiger partial charge in [0.1, 0.15) is 12.4 Å². The highest BCUT2D eigenvalue weighted by Gasteiger charge is 2.23. The second kappa shape index (κ2) is 8.58. The van der Waals surface area contributed by atoms with Gasteiger partial charge in [0.15, 0.2) is 0 Å². The molecular weight excluding hydrogens is 358 g/mol. The number of rotatable bonds is 6. The van der Waals surface area contributed by atoms with Crippen LogP contribution in [-0.4, -0.2) is 37.3 Å². The molecule has 0 radical (unpaired) electrons. The Morgan fingerprint density at radius 2 is 2.00 bits per heavy atom. The van der Waals surface area contributed by atoms with Crippen LogP contribution in [0.1, 0.15) is 43.2 Å². The van der Waals surface area contributed by atoms with E-state index in [9.17, 15) is 0 Å². The predicted octanol–water partition coefficient (Wildman–Crippen LogP) is 4.46. The second-order valence-corrected chi connectivity index (χ2v) is 8.80. The molecule has 3 heterocycles. The zero-order valence-corrected chi connectivity index (χ0v) is 17.1. The summed E-state index contributed by atoms with van der Waals surface area (Å²) in [6, 6.07) is 11.5. The number of aromatic nitrogens is 1. The molecule has 3 aliphatic rings. The molecule has 4 nitrogen and oxygen atoms in total. The van der Waals surface area contributed by atoms with Crippen LogP contribution in [0.4, 0.5) is 5.69 Å². The number of fused-ring (bicyclic) bond motifs is 1. The molecule has 1 aromatic carbocycles. The Balaban J connectivity index is 1.12. The van der Waals surface area contributed by atoms with Gasteiger partial charge in [-0.05, 0) is 62.1 Å². The van der Waals surface area contributed by atoms with E-state index in [1.165, 1.54) is 48.9 Å². The number of allylic oxidation sites excluding steroid dienone is 1. The zero-order valence-electron chi connectivity index (χ0n) is 17.1. The van der Waals surface area contributed by atoms with Crippen LogP contribution < -0.4 is 15.0 Å². The Morgan fingerprint density at radius 1 is 1.10 bits per heavy atom. The third-order valence-electron chi connectivity index (χ3n) is 6.68. The van der Waals surface area contributed by atoms with Gasteiger partial charge in [-0.3, -0.25) is 4.98 Å². The van der Waals surface area contributed by atoms with Gasteiger partial charge in [-0.2, -0.15) is 0 Å². The van der Waals surface area contributed by atoms with Crippen molar-refractivity contribution in [1.82, 2.24) is 10.3 Å². The van der Waals surface area contributed by atoms with Crippen LogP contribution in [-0.2, 0) is 6.42 Å². The molecule has 1 N–H and O–H groups in total. The molecule has 5 rings (SSSR count). The number of nitrogens with one attached hydrogen (secondary N) is 1. The van der Waals surface area contributed by atoms with E-state index < -0.39 is 0 Å². The fourth-order valence-electron chi connectivity index (χ4n) is 5.00. The summed E-state index contributed by atoms with van der Waals surface area (Å²) in [6.07, 6.45) is 13.6. The molecular formula is C25H31N3O. The molecule has 2 fully saturated rings. The molecule has 4 heteroatoms. The standard InChI is InChI=1S/C25H31N3O/c1-2-5-22-14-20(13-21(22)4-1)12-19-7-10-28(11-8-19)24-15-25(17-26-16-24)29-18-23-6-3-9-27-23/h1-2,4-5,13,15-17,19,23,27H,3,6-12,14,18H2/t23-/m0/s1. The molecule has 1 aromatic heterocycles. The quantitative estimate of drug-likeness (QED) is 0.792. The average Bonchev–Trinajstić information content (AvgIpc) is 3.42. The van der Waals surface area contributed by atoms with E-state index in [0.717, 1.165) is 44.3 Å². The highest BCUT2D eigenvalue weighted by atomic mass is 16.5. The van der Waals surface area contributed by atoms with Crippen LogP contribution in [0.3, 0.4) is 0 Å². The Hall–Kier alpha value is -2.33. The van der Waals surface area contributed by atoms with E-state index in [-0.39, 0.29) is 0 Å². The summed E-state index contributed by atoms with van der Waals surface area (Å²) >= 11 is 0. The maximum atomic E-state index is 6.00. The number of pyridine rings is 1. The van der Waals surface area contributed by atoms with Crippen molar-refractivity contribution in [1.29, 1.82) is 0 Å². The summed E-state index contributed by atoms with van der Waals surface area (Å²) in [5.74, 6) is 1.69. The first-order chi connectivity index (χ1) is 14.3. The lowest BCUT2D eigenvalue weighted by Crippen LogP contribution is -2.34. The first kappa shape index (κ1) is 18.7. The summed E-state index contributed by atoms with van der Waals surface area (Å²) in [6.45, 7) is 4.08. The van der Waals surface area contributed by atoms with E-state index >= 15 is 0 Å². The van der Waals surface area contributed by atoms with Gasteiger partial charge in [0.25, 0.3) is 0 Å². The topological polar surface area (TPSA) is 37.4 Å². The average molecular weight is 390 g/mol. The number of benzene rings is 1. The van der Waals surface area contributed by atoms with Gasteiger partial charge >= 0.3 is 0 Å². The van der Waals surface area contributed by atoms with Gasteiger partial charge in [-0.15, -0.1) is 0 Å². The SMILES string of the molecule is C1=C(CC2CCN(c3cncc(OC[C@@H]4CCCN4)c3)CC2)Cc2ccccc21. The van der Waals surface area contributed by atoms with Gasteiger partial charge in [0, 0.05) is 25.2 Å². The van der Waals surface area contributed by atoms with Crippen LogP contribution in [0.15, 0.2) is 48.3 Å². The van der Waals surface area contributed by atoms with Crippen molar-refractivity contribution in [2.24, 2.45) is 5.92 Å². The first-order valence-corrected chi connectivity index (χ1v) is 11.2. The van der Waals surface area contributed by atoms with Crippen LogP contribution in [0.5, 0.6) is 5.75 Å². The molecule has 0 bridgehead atoms. The van der Waals surface area contributed by atoms with Crippen LogP contribution in [0, 0.1) is 5.92 Å². The van der Waals surface area contributed by atoms with Gasteiger partial charge in [-0.25, -0.2) is 0 Å². The maximum absolute atomic E-state index is 6.00. The van der Waals surface area contributed by atoms with Gasteiger partial charge in [0.05, 0.1) is 18.1 Å². The Morgan fingerprint density at radius 3 is 2.83 bits per heavy atom. The second-order valence-electron chi connectivity index (χ2n) is 8.80. The van der Waals surface area contributed by atoms with E-state index in [0.29, 0.717) is 6.04 Å². The summed E-state index contributed by atoms with van der Waals surface area (Å²) in [5, 5.41) is 3.48. The van der Waals surface area contributed by atoms with Crippen molar-refractivity contribution < 1.29 is 4.74 Å². The number of nitrogens with zero attached hydrogens (tertiary/aromatic N) is 2. The minimum Gasteiger partial charge on any atom is -0.490 e. The van der Waals surface area contributed by atoms with E-state index in [4.69, 9.17) is 4.74 Å². The smallest absolute Gasteiger partial charge is 0.139 e. The highest BCUT2D eigenvalue weighted by Crippen LogP contribution is 2.33. The van der Waals surface area contributed by atoms with Gasteiger partial charge in [0.2, 0.25) is 0 Å². The minimum atomic E-state index is 0.491. The number of anilines is 1. The molecule has 29 heavy (non-hydrogen) atoms. The molecule has 1 atom stereocenters. The number of hydrogen-bond donors (Lipinski definition) is 1. The Kier molecular flexibility index (Phi) is 5.53. The van der Waals surface area contributed by atoms with Crippen molar-refractivity contribution in [3.63, 3.8) is 0 Å². The third-order valence-corrected chi connectivity index (χ3v) is 6.68. The van der Waals surface area contributed by atoms with Crippen molar-refractivity contribution >= 4 is 11.8 Å². The summed E-state index contributed by atoms with van der Waals surface area (Å²) in [4.78, 5) is 6.91. The maximum Gasteiger partial charge on any atom is 0.139 e. The molecule has 0 saturated carbocycles. The highest BCUT2D eigenvalue weighted by molar-refractivity contribution is 5.63. The first-order valence-electron chi connectivity index (χ1n) is 11.2. The number of piperidine rings is 1. The van der Waals surface area contributed by atoms with Crippen molar-refractivity contribution in [3.8, 4) is 5.75 Å². The monoisotopic (exact) mass is 389 g/mol. The summed E-state index contributed by atoms with van der Waals surface area (Å²) in [5.41, 5.74) is 5.74. The van der Waals surface area contributed by atoms with Crippen LogP contribution in [0.2, 0.25) is 0 Å². The number of hydrogen-bond acceptors (Lipinski definition) is 4. The van der Waals surface area contributed by atoms with E-state index in [1.807, 2.05) is 12.4 Å². The number of ether oxygens (including phenoxy) is 1. The largest absolute Gasteiger partial charge is 0.490 e. The fourth-order valence-corrected chi connectivity index (χ4v) is 5.00. The third kappa shape index (κ3) is 4.48. The van der Waals surface area contributed by atoms with Crippen molar-refractivity contribution in [2.75, 3.05) is 31.1 Å². The summed E-state index contributed by atoms with van der Waals surface area (Å²) in [7, 11) is 0. The lowest BCUT2D eigenvalue weighted by molar-refractivity contribution is 0.276. The Bertz CT molecular complexity index is 864. The molecule has 0 amide bonds. The van der Waals surface area contributed by atoms with Crippen molar-refractivity contribution in [3.05, 3.63) is 59.4 Å². The van der Waals surface area contributed by atoms with E-state index in [2.05, 4.69) is 51.6 Å². The predicted molar refractivity (Wildman–Crippen MR) is 118 cm³/mol. The van der Waals surface area contributed by atoms with Crippen molar-refractivity contribution in [2.45, 2.75) is 44.6 Å². The van der Waals surface area contributed by atoms with Gasteiger partial charge < -0.3 is 15.0 Å². The molecule has 2 aromatic rings. The lowest BCUT2D eigenvalue weighted by Gasteiger charge is -2.33. The molecule has 1 aliphatic carbocycles. The zero-order chi connectivity index (χ0) is 19.5. The molecule has 2 saturated heterocycles. The lowest BCUT2D eigenvalue weighted by atomic mass is 9.89. The van der Waals surface area contributed by atoms with E-state index in [1.54, 1.807) is 5.57 Å².